The van der Waals surface area contributed by atoms with E-state index in [4.69, 9.17) is 0 Å². The topological polar surface area (TPSA) is 89.3 Å². The monoisotopic (exact) mass is 310 g/mol. The van der Waals surface area contributed by atoms with Crippen LogP contribution in [0.4, 0.5) is 5.69 Å². The molecule has 0 amide bonds. The fraction of sp³-hybridized carbons (Fsp3) is 0.571. The Morgan fingerprint density at radius 1 is 1.24 bits per heavy atom. The highest BCUT2D eigenvalue weighted by Crippen LogP contribution is 2.48. The second-order valence-corrected chi connectivity index (χ2v) is 7.75. The standard InChI is InChI=1S/C14H18N2O4S/c17-16(18)13-3-1-2-4-14(13)21(19,20)15-9-12-8-10-5-6-11(12)7-10/h1-4,10-12,15H,5-9H2/t10-,11-,12-/m1/s1. The van der Waals surface area contributed by atoms with E-state index in [0.717, 1.165) is 12.3 Å². The Bertz CT molecular complexity index is 659. The van der Waals surface area contributed by atoms with Crippen LogP contribution in [-0.4, -0.2) is 19.9 Å². The predicted octanol–water partition coefficient (Wildman–Crippen LogP) is 2.31. The highest BCUT2D eigenvalue weighted by Gasteiger charge is 2.39. The molecule has 2 saturated carbocycles. The van der Waals surface area contributed by atoms with Gasteiger partial charge in [0.25, 0.3) is 5.69 Å². The lowest BCUT2D eigenvalue weighted by molar-refractivity contribution is -0.387. The third kappa shape index (κ3) is 2.80. The molecule has 2 bridgehead atoms. The van der Waals surface area contributed by atoms with E-state index in [-0.39, 0.29) is 10.6 Å². The largest absolute Gasteiger partial charge is 0.289 e. The van der Waals surface area contributed by atoms with Gasteiger partial charge in [0.05, 0.1) is 4.92 Å². The Morgan fingerprint density at radius 3 is 2.62 bits per heavy atom. The van der Waals surface area contributed by atoms with Gasteiger partial charge in [-0.2, -0.15) is 0 Å². The van der Waals surface area contributed by atoms with Gasteiger partial charge < -0.3 is 0 Å². The molecule has 6 nitrogen and oxygen atoms in total. The average molecular weight is 310 g/mol. The van der Waals surface area contributed by atoms with Crippen molar-refractivity contribution < 1.29 is 13.3 Å². The van der Waals surface area contributed by atoms with Crippen molar-refractivity contribution >= 4 is 15.7 Å². The molecule has 0 radical (unpaired) electrons. The molecule has 1 aromatic carbocycles. The lowest BCUT2D eigenvalue weighted by Crippen LogP contribution is -2.32. The first kappa shape index (κ1) is 14.5. The van der Waals surface area contributed by atoms with Crippen LogP contribution in [0.1, 0.15) is 25.7 Å². The van der Waals surface area contributed by atoms with E-state index in [0.29, 0.717) is 18.4 Å². The fourth-order valence-electron chi connectivity index (χ4n) is 3.76. The molecule has 0 aliphatic heterocycles. The Kier molecular flexibility index (Phi) is 3.71. The summed E-state index contributed by atoms with van der Waals surface area (Å²) in [6.45, 7) is 0.384. The maximum atomic E-state index is 12.3. The molecule has 2 aliphatic carbocycles. The summed E-state index contributed by atoms with van der Waals surface area (Å²) in [7, 11) is -3.83. The zero-order valence-corrected chi connectivity index (χ0v) is 12.4. The third-order valence-corrected chi connectivity index (χ3v) is 6.24. The van der Waals surface area contributed by atoms with E-state index >= 15 is 0 Å². The van der Waals surface area contributed by atoms with Crippen molar-refractivity contribution in [3.05, 3.63) is 34.4 Å². The smallest absolute Gasteiger partial charge is 0.258 e. The van der Waals surface area contributed by atoms with Crippen LogP contribution in [0.25, 0.3) is 0 Å². The number of rotatable bonds is 5. The fourth-order valence-corrected chi connectivity index (χ4v) is 5.02. The normalized spacial score (nSPS) is 27.9. The molecule has 0 aromatic heterocycles. The molecule has 0 saturated heterocycles. The Morgan fingerprint density at radius 2 is 2.00 bits per heavy atom. The average Bonchev–Trinajstić information content (AvgIpc) is 3.08. The molecule has 0 unspecified atom stereocenters. The van der Waals surface area contributed by atoms with Gasteiger partial charge in [0, 0.05) is 12.6 Å². The molecule has 3 atom stereocenters. The highest BCUT2D eigenvalue weighted by molar-refractivity contribution is 7.89. The minimum Gasteiger partial charge on any atom is -0.258 e. The number of nitro benzene ring substituents is 1. The van der Waals surface area contributed by atoms with Crippen molar-refractivity contribution in [1.82, 2.24) is 4.72 Å². The first-order chi connectivity index (χ1) is 9.97. The predicted molar refractivity (Wildman–Crippen MR) is 77.2 cm³/mol. The lowest BCUT2D eigenvalue weighted by atomic mass is 9.89. The van der Waals surface area contributed by atoms with Crippen LogP contribution in [0.2, 0.25) is 0 Å². The van der Waals surface area contributed by atoms with Crippen molar-refractivity contribution in [2.45, 2.75) is 30.6 Å². The number of nitrogens with zero attached hydrogens (tertiary/aromatic N) is 1. The summed E-state index contributed by atoms with van der Waals surface area (Å²) in [6.07, 6.45) is 4.72. The summed E-state index contributed by atoms with van der Waals surface area (Å²) in [4.78, 5) is 10.0. The number of para-hydroxylation sites is 1. The number of sulfonamides is 1. The lowest BCUT2D eigenvalue weighted by Gasteiger charge is -2.21. The van der Waals surface area contributed by atoms with Gasteiger partial charge in [-0.05, 0) is 43.1 Å². The summed E-state index contributed by atoms with van der Waals surface area (Å²) in [6, 6.07) is 5.46. The number of hydrogen-bond acceptors (Lipinski definition) is 4. The molecule has 1 N–H and O–H groups in total. The molecule has 2 aliphatic rings. The van der Waals surface area contributed by atoms with Crippen molar-refractivity contribution in [2.24, 2.45) is 17.8 Å². The first-order valence-corrected chi connectivity index (χ1v) is 8.69. The van der Waals surface area contributed by atoms with Gasteiger partial charge >= 0.3 is 0 Å². The molecule has 114 valence electrons. The quantitative estimate of drug-likeness (QED) is 0.667. The maximum Gasteiger partial charge on any atom is 0.289 e. The van der Waals surface area contributed by atoms with Gasteiger partial charge in [0.15, 0.2) is 4.90 Å². The number of nitrogens with one attached hydrogen (secondary N) is 1. The minimum atomic E-state index is -3.83. The molecule has 7 heteroatoms. The third-order valence-electron chi connectivity index (χ3n) is 4.77. The molecule has 3 rings (SSSR count). The van der Waals surface area contributed by atoms with Crippen LogP contribution in [0.3, 0.4) is 0 Å². The van der Waals surface area contributed by atoms with Crippen LogP contribution in [-0.2, 0) is 10.0 Å². The van der Waals surface area contributed by atoms with E-state index in [2.05, 4.69) is 4.72 Å². The molecule has 2 fully saturated rings. The summed E-state index contributed by atoms with van der Waals surface area (Å²) in [5, 5.41) is 10.9. The second kappa shape index (κ2) is 5.38. The van der Waals surface area contributed by atoms with E-state index < -0.39 is 14.9 Å². The second-order valence-electron chi connectivity index (χ2n) is 6.01. The van der Waals surface area contributed by atoms with Crippen LogP contribution in [0.5, 0.6) is 0 Å². The first-order valence-electron chi connectivity index (χ1n) is 7.20. The molecule has 0 spiro atoms. The molecule has 0 heterocycles. The van der Waals surface area contributed by atoms with Crippen LogP contribution < -0.4 is 4.72 Å². The Labute approximate surface area is 123 Å². The van der Waals surface area contributed by atoms with E-state index in [1.165, 1.54) is 43.5 Å². The van der Waals surface area contributed by atoms with Gasteiger partial charge in [-0.25, -0.2) is 13.1 Å². The van der Waals surface area contributed by atoms with Crippen LogP contribution in [0, 0.1) is 27.9 Å². The van der Waals surface area contributed by atoms with Gasteiger partial charge in [0.1, 0.15) is 0 Å². The van der Waals surface area contributed by atoms with E-state index in [1.54, 1.807) is 0 Å². The van der Waals surface area contributed by atoms with E-state index in [1.807, 2.05) is 0 Å². The molecule has 21 heavy (non-hydrogen) atoms. The van der Waals surface area contributed by atoms with Gasteiger partial charge in [-0.3, -0.25) is 10.1 Å². The maximum absolute atomic E-state index is 12.3. The zero-order valence-electron chi connectivity index (χ0n) is 11.6. The summed E-state index contributed by atoms with van der Waals surface area (Å²) < 4.78 is 27.2. The molecular weight excluding hydrogens is 292 g/mol. The number of hydrogen-bond donors (Lipinski definition) is 1. The van der Waals surface area contributed by atoms with Crippen molar-refractivity contribution in [2.75, 3.05) is 6.54 Å². The van der Waals surface area contributed by atoms with Crippen molar-refractivity contribution in [3.8, 4) is 0 Å². The van der Waals surface area contributed by atoms with Crippen molar-refractivity contribution in [3.63, 3.8) is 0 Å². The number of benzene rings is 1. The molecular formula is C14H18N2O4S. The van der Waals surface area contributed by atoms with Crippen LogP contribution >= 0.6 is 0 Å². The van der Waals surface area contributed by atoms with Crippen molar-refractivity contribution in [1.29, 1.82) is 0 Å². The summed E-state index contributed by atoms with van der Waals surface area (Å²) in [5.41, 5.74) is -0.377. The number of nitro groups is 1. The van der Waals surface area contributed by atoms with Crippen LogP contribution in [0.15, 0.2) is 29.2 Å². The van der Waals surface area contributed by atoms with Gasteiger partial charge in [0.2, 0.25) is 10.0 Å². The summed E-state index contributed by atoms with van der Waals surface area (Å²) in [5.74, 6) is 1.74. The van der Waals surface area contributed by atoms with Gasteiger partial charge in [-0.1, -0.05) is 18.6 Å². The zero-order chi connectivity index (χ0) is 15.0. The van der Waals surface area contributed by atoms with E-state index in [9.17, 15) is 18.5 Å². The SMILES string of the molecule is O=[N+]([O-])c1ccccc1S(=O)(=O)NC[C@H]1C[C@@H]2CC[C@@H]1C2. The highest BCUT2D eigenvalue weighted by atomic mass is 32.2. The Balaban J connectivity index is 1.74. The minimum absolute atomic E-state index is 0.252. The molecule has 1 aromatic rings. The number of fused-ring (bicyclic) bond motifs is 2. The Hall–Kier alpha value is -1.47. The summed E-state index contributed by atoms with van der Waals surface area (Å²) >= 11 is 0. The van der Waals surface area contributed by atoms with Gasteiger partial charge in [-0.15, -0.1) is 0 Å².